The molecule has 4 heteroatoms. The summed E-state index contributed by atoms with van der Waals surface area (Å²) in [5, 5.41) is 4.48. The van der Waals surface area contributed by atoms with E-state index in [0.717, 1.165) is 17.0 Å². The van der Waals surface area contributed by atoms with Crippen molar-refractivity contribution in [2.75, 3.05) is 0 Å². The number of nitrogens with zero attached hydrogens (tertiary/aromatic N) is 4. The van der Waals surface area contributed by atoms with Crippen LogP contribution in [0.3, 0.4) is 0 Å². The third kappa shape index (κ3) is 2.52. The number of benzene rings is 1. The van der Waals surface area contributed by atoms with Crippen LogP contribution in [0, 0.1) is 0 Å². The normalized spacial score (nSPS) is 10.6. The van der Waals surface area contributed by atoms with Crippen LogP contribution in [0.4, 0.5) is 0 Å². The second kappa shape index (κ2) is 5.02. The van der Waals surface area contributed by atoms with Gasteiger partial charge in [-0.05, 0) is 12.1 Å². The zero-order chi connectivity index (χ0) is 13.1. The average Bonchev–Trinajstić information content (AvgIpc) is 2.82. The molecule has 2 heterocycles. The lowest BCUT2D eigenvalue weighted by atomic mass is 10.2. The van der Waals surface area contributed by atoms with Gasteiger partial charge in [0.1, 0.15) is 7.05 Å². The highest BCUT2D eigenvalue weighted by atomic mass is 15.5. The minimum atomic E-state index is 0.682. The van der Waals surface area contributed by atoms with Crippen LogP contribution in [0.5, 0.6) is 0 Å². The molecule has 4 nitrogen and oxygen atoms in total. The van der Waals surface area contributed by atoms with Gasteiger partial charge in [-0.1, -0.05) is 36.4 Å². The number of hydrogen-bond acceptors (Lipinski definition) is 2. The molecule has 0 aliphatic rings. The molecule has 0 aliphatic heterocycles. The minimum absolute atomic E-state index is 0.682. The van der Waals surface area contributed by atoms with Crippen LogP contribution in [0.2, 0.25) is 0 Å². The van der Waals surface area contributed by atoms with E-state index >= 15 is 0 Å². The summed E-state index contributed by atoms with van der Waals surface area (Å²) in [5.41, 5.74) is 3.26. The van der Waals surface area contributed by atoms with Gasteiger partial charge in [-0.15, -0.1) is 9.36 Å². The largest absolute Gasteiger partial charge is 0.257 e. The van der Waals surface area contributed by atoms with E-state index < -0.39 is 0 Å². The first-order valence-corrected chi connectivity index (χ1v) is 6.22. The molecule has 0 atom stereocenters. The number of pyridine rings is 1. The van der Waals surface area contributed by atoms with Crippen molar-refractivity contribution in [3.63, 3.8) is 0 Å². The molecule has 3 aromatic rings. The highest BCUT2D eigenvalue weighted by Gasteiger charge is 2.14. The van der Waals surface area contributed by atoms with E-state index in [4.69, 9.17) is 0 Å². The zero-order valence-electron chi connectivity index (χ0n) is 10.8. The topological polar surface area (TPSA) is 34.6 Å². The van der Waals surface area contributed by atoms with Crippen LogP contribution >= 0.6 is 0 Å². The summed E-state index contributed by atoms with van der Waals surface area (Å²) < 4.78 is 3.79. The second-order valence-corrected chi connectivity index (χ2v) is 4.41. The van der Waals surface area contributed by atoms with Gasteiger partial charge in [0.2, 0.25) is 0 Å². The maximum Gasteiger partial charge on any atom is 0.197 e. The molecular weight excluding hydrogens is 236 g/mol. The fourth-order valence-corrected chi connectivity index (χ4v) is 2.08. The molecule has 0 amide bonds. The number of aryl methyl sites for hydroxylation is 1. The van der Waals surface area contributed by atoms with Crippen LogP contribution in [-0.4, -0.2) is 14.9 Å². The Morgan fingerprint density at radius 2 is 1.84 bits per heavy atom. The molecule has 0 radical (unpaired) electrons. The summed E-state index contributed by atoms with van der Waals surface area (Å²) in [7, 11) is 1.96. The lowest BCUT2D eigenvalue weighted by Crippen LogP contribution is -2.36. The number of rotatable bonds is 3. The molecule has 2 aromatic heterocycles. The van der Waals surface area contributed by atoms with Gasteiger partial charge in [0.05, 0.1) is 10.9 Å². The van der Waals surface area contributed by atoms with Crippen molar-refractivity contribution in [3.05, 3.63) is 66.6 Å². The SMILES string of the molecule is Cn1n[n+](Cc2ccccn2)cc1-c1ccccc1. The van der Waals surface area contributed by atoms with Gasteiger partial charge in [0.25, 0.3) is 0 Å². The molecule has 0 N–H and O–H groups in total. The third-order valence-corrected chi connectivity index (χ3v) is 2.99. The Morgan fingerprint density at radius 1 is 1.05 bits per heavy atom. The monoisotopic (exact) mass is 251 g/mol. The molecule has 0 fully saturated rings. The highest BCUT2D eigenvalue weighted by molar-refractivity contribution is 5.57. The van der Waals surface area contributed by atoms with Gasteiger partial charge in [-0.2, -0.15) is 0 Å². The molecule has 94 valence electrons. The Morgan fingerprint density at radius 3 is 2.58 bits per heavy atom. The van der Waals surface area contributed by atoms with E-state index in [-0.39, 0.29) is 0 Å². The van der Waals surface area contributed by atoms with E-state index in [1.165, 1.54) is 0 Å². The average molecular weight is 251 g/mol. The van der Waals surface area contributed by atoms with Crippen molar-refractivity contribution in [2.24, 2.45) is 7.05 Å². The first-order chi connectivity index (χ1) is 9.33. The van der Waals surface area contributed by atoms with Crippen LogP contribution in [0.1, 0.15) is 5.69 Å². The molecule has 3 rings (SSSR count). The van der Waals surface area contributed by atoms with Gasteiger partial charge in [-0.25, -0.2) is 0 Å². The summed E-state index contributed by atoms with van der Waals surface area (Å²) in [6, 6.07) is 16.2. The number of hydrogen-bond donors (Lipinski definition) is 0. The van der Waals surface area contributed by atoms with Crippen molar-refractivity contribution in [3.8, 4) is 11.3 Å². The Labute approximate surface area is 112 Å². The van der Waals surface area contributed by atoms with Crippen molar-refractivity contribution in [1.29, 1.82) is 0 Å². The van der Waals surface area contributed by atoms with Crippen molar-refractivity contribution < 1.29 is 4.68 Å². The predicted molar refractivity (Wildman–Crippen MR) is 72.2 cm³/mol. The molecule has 0 saturated heterocycles. The summed E-state index contributed by atoms with van der Waals surface area (Å²) in [6.45, 7) is 0.682. The third-order valence-electron chi connectivity index (χ3n) is 2.99. The summed E-state index contributed by atoms with van der Waals surface area (Å²) in [6.07, 6.45) is 3.85. The van der Waals surface area contributed by atoms with Crippen LogP contribution < -0.4 is 4.68 Å². The lowest BCUT2D eigenvalue weighted by molar-refractivity contribution is -0.747. The summed E-state index contributed by atoms with van der Waals surface area (Å²) >= 11 is 0. The first kappa shape index (κ1) is 11.6. The van der Waals surface area contributed by atoms with Crippen molar-refractivity contribution >= 4 is 0 Å². The van der Waals surface area contributed by atoms with Crippen molar-refractivity contribution in [1.82, 2.24) is 14.9 Å². The van der Waals surface area contributed by atoms with Gasteiger partial charge in [0.15, 0.2) is 18.4 Å². The van der Waals surface area contributed by atoms with Gasteiger partial charge < -0.3 is 0 Å². The molecular formula is C15H15N4+. The lowest BCUT2D eigenvalue weighted by Gasteiger charge is -1.93. The van der Waals surface area contributed by atoms with E-state index in [1.807, 2.05) is 59.0 Å². The van der Waals surface area contributed by atoms with E-state index in [2.05, 4.69) is 22.3 Å². The van der Waals surface area contributed by atoms with Crippen molar-refractivity contribution in [2.45, 2.75) is 6.54 Å². The first-order valence-electron chi connectivity index (χ1n) is 6.22. The highest BCUT2D eigenvalue weighted by Crippen LogP contribution is 2.15. The molecule has 0 aliphatic carbocycles. The fraction of sp³-hybridized carbons (Fsp3) is 0.133. The maximum atomic E-state index is 4.48. The Kier molecular flexibility index (Phi) is 3.06. The molecule has 0 unspecified atom stereocenters. The molecule has 0 bridgehead atoms. The Balaban J connectivity index is 1.90. The molecule has 1 aromatic carbocycles. The standard InChI is InChI=1S/C15H15N4/c1-18-15(13-7-3-2-4-8-13)12-19(17-18)11-14-9-5-6-10-16-14/h2-10,12H,11H2,1H3/q+1. The maximum absolute atomic E-state index is 4.48. The smallest absolute Gasteiger partial charge is 0.197 e. The van der Waals surface area contributed by atoms with Crippen LogP contribution in [-0.2, 0) is 13.6 Å². The molecule has 19 heavy (non-hydrogen) atoms. The quantitative estimate of drug-likeness (QED) is 0.665. The van der Waals surface area contributed by atoms with E-state index in [0.29, 0.717) is 6.54 Å². The molecule has 0 spiro atoms. The second-order valence-electron chi connectivity index (χ2n) is 4.41. The molecule has 0 saturated carbocycles. The number of aromatic nitrogens is 4. The van der Waals surface area contributed by atoms with Gasteiger partial charge in [0, 0.05) is 11.8 Å². The van der Waals surface area contributed by atoms with Crippen LogP contribution in [0.15, 0.2) is 60.9 Å². The predicted octanol–water partition coefficient (Wildman–Crippen LogP) is 1.82. The van der Waals surface area contributed by atoms with Gasteiger partial charge >= 0.3 is 0 Å². The van der Waals surface area contributed by atoms with Gasteiger partial charge in [-0.3, -0.25) is 4.98 Å². The Hall–Kier alpha value is -2.49. The Bertz CT molecular complexity index is 659. The van der Waals surface area contributed by atoms with Crippen LogP contribution in [0.25, 0.3) is 11.3 Å². The zero-order valence-corrected chi connectivity index (χ0v) is 10.8. The summed E-state index contributed by atoms with van der Waals surface area (Å²) in [5.74, 6) is 0. The summed E-state index contributed by atoms with van der Waals surface area (Å²) in [4.78, 5) is 4.32. The van der Waals surface area contributed by atoms with E-state index in [1.54, 1.807) is 6.20 Å². The van der Waals surface area contributed by atoms with E-state index in [9.17, 15) is 0 Å². The fourth-order valence-electron chi connectivity index (χ4n) is 2.08. The minimum Gasteiger partial charge on any atom is -0.257 e.